The molecule has 1 aliphatic rings. The van der Waals surface area contributed by atoms with Crippen LogP contribution in [0.4, 0.5) is 5.82 Å². The molecule has 0 aliphatic carbocycles. The summed E-state index contributed by atoms with van der Waals surface area (Å²) in [5, 5.41) is 13.5. The summed E-state index contributed by atoms with van der Waals surface area (Å²) < 4.78 is 3.73. The molecule has 0 radical (unpaired) electrons. The SMILES string of the molecule is Cn1cc(CN2CCN(C(=S)Nc3ccn(Cc4ccc(Cl)cc4)n3)CC2)cn1. The minimum atomic E-state index is 0.693. The molecule has 0 unspecified atom stereocenters. The largest absolute Gasteiger partial charge is 0.346 e. The van der Waals surface area contributed by atoms with E-state index >= 15 is 0 Å². The van der Waals surface area contributed by atoms with Crippen LogP contribution in [0.1, 0.15) is 11.1 Å². The van der Waals surface area contributed by atoms with Gasteiger partial charge in [-0.3, -0.25) is 14.3 Å². The van der Waals surface area contributed by atoms with Crippen LogP contribution in [-0.4, -0.2) is 60.7 Å². The molecule has 1 N–H and O–H groups in total. The van der Waals surface area contributed by atoms with Crippen LogP contribution in [0.15, 0.2) is 48.9 Å². The van der Waals surface area contributed by atoms with Gasteiger partial charge in [0.15, 0.2) is 10.9 Å². The predicted octanol–water partition coefficient (Wildman–Crippen LogP) is 2.83. The number of rotatable bonds is 5. The molecule has 0 bridgehead atoms. The second-order valence-electron chi connectivity index (χ2n) is 7.24. The van der Waals surface area contributed by atoms with Crippen LogP contribution in [0.25, 0.3) is 0 Å². The van der Waals surface area contributed by atoms with E-state index in [4.69, 9.17) is 23.8 Å². The molecule has 152 valence electrons. The Hall–Kier alpha value is -2.42. The van der Waals surface area contributed by atoms with Crippen molar-refractivity contribution in [3.8, 4) is 0 Å². The highest BCUT2D eigenvalue weighted by molar-refractivity contribution is 7.80. The van der Waals surface area contributed by atoms with Crippen molar-refractivity contribution in [2.24, 2.45) is 7.05 Å². The van der Waals surface area contributed by atoms with Gasteiger partial charge in [0.2, 0.25) is 0 Å². The summed E-state index contributed by atoms with van der Waals surface area (Å²) in [5.74, 6) is 0.766. The van der Waals surface area contributed by atoms with Gasteiger partial charge in [-0.25, -0.2) is 0 Å². The molecule has 2 aromatic heterocycles. The molecule has 9 heteroatoms. The van der Waals surface area contributed by atoms with Crippen LogP contribution >= 0.6 is 23.8 Å². The number of anilines is 1. The lowest BCUT2D eigenvalue weighted by Gasteiger charge is -2.35. The Morgan fingerprint density at radius 3 is 2.52 bits per heavy atom. The summed E-state index contributed by atoms with van der Waals surface area (Å²) in [6.45, 7) is 5.37. The fraction of sp³-hybridized carbons (Fsp3) is 0.350. The van der Waals surface area contributed by atoms with Gasteiger partial charge in [-0.1, -0.05) is 23.7 Å². The fourth-order valence-corrected chi connectivity index (χ4v) is 3.82. The first-order chi connectivity index (χ1) is 14.0. The van der Waals surface area contributed by atoms with Gasteiger partial charge in [0, 0.05) is 68.8 Å². The van der Waals surface area contributed by atoms with E-state index in [0.717, 1.165) is 54.2 Å². The van der Waals surface area contributed by atoms with Crippen molar-refractivity contribution < 1.29 is 0 Å². The lowest BCUT2D eigenvalue weighted by molar-refractivity contribution is 0.177. The smallest absolute Gasteiger partial charge is 0.174 e. The molecule has 3 aromatic rings. The van der Waals surface area contributed by atoms with Crippen molar-refractivity contribution in [1.29, 1.82) is 0 Å². The first kappa shape index (κ1) is 19.9. The monoisotopic (exact) mass is 429 g/mol. The number of aryl methyl sites for hydroxylation is 1. The molecule has 0 amide bonds. The molecule has 0 atom stereocenters. The van der Waals surface area contributed by atoms with E-state index < -0.39 is 0 Å². The lowest BCUT2D eigenvalue weighted by Crippen LogP contribution is -2.49. The van der Waals surface area contributed by atoms with Crippen molar-refractivity contribution in [3.63, 3.8) is 0 Å². The molecule has 4 rings (SSSR count). The Morgan fingerprint density at radius 2 is 1.83 bits per heavy atom. The second kappa shape index (κ2) is 8.94. The molecule has 1 saturated heterocycles. The number of hydrogen-bond acceptors (Lipinski definition) is 4. The molecule has 0 spiro atoms. The Kier molecular flexibility index (Phi) is 6.13. The third-order valence-electron chi connectivity index (χ3n) is 4.96. The molecule has 3 heterocycles. The van der Waals surface area contributed by atoms with E-state index in [1.807, 2.05) is 59.1 Å². The first-order valence-corrected chi connectivity index (χ1v) is 10.4. The second-order valence-corrected chi connectivity index (χ2v) is 8.06. The number of hydrogen-bond donors (Lipinski definition) is 1. The van der Waals surface area contributed by atoms with Crippen LogP contribution in [0.2, 0.25) is 5.02 Å². The van der Waals surface area contributed by atoms with Crippen LogP contribution in [-0.2, 0) is 20.1 Å². The Balaban J connectivity index is 1.25. The zero-order chi connectivity index (χ0) is 20.2. The topological polar surface area (TPSA) is 54.1 Å². The fourth-order valence-electron chi connectivity index (χ4n) is 3.40. The third-order valence-corrected chi connectivity index (χ3v) is 5.57. The van der Waals surface area contributed by atoms with Crippen LogP contribution in [0.5, 0.6) is 0 Å². The number of benzene rings is 1. The number of thiocarbonyl (C=S) groups is 1. The summed E-state index contributed by atoms with van der Waals surface area (Å²) in [5.41, 5.74) is 2.39. The van der Waals surface area contributed by atoms with E-state index in [-0.39, 0.29) is 0 Å². The Morgan fingerprint density at radius 1 is 1.07 bits per heavy atom. The number of piperazine rings is 1. The highest BCUT2D eigenvalue weighted by atomic mass is 35.5. The molecule has 1 fully saturated rings. The average molecular weight is 430 g/mol. The van der Waals surface area contributed by atoms with Gasteiger partial charge in [0.25, 0.3) is 0 Å². The van der Waals surface area contributed by atoms with Crippen LogP contribution in [0, 0.1) is 0 Å². The highest BCUT2D eigenvalue weighted by Gasteiger charge is 2.19. The van der Waals surface area contributed by atoms with Gasteiger partial charge in [0.1, 0.15) is 0 Å². The predicted molar refractivity (Wildman–Crippen MR) is 119 cm³/mol. The molecule has 1 aliphatic heterocycles. The standard InChI is InChI=1S/C20H24ClN7S/c1-25-13-17(12-22-25)14-26-8-10-27(11-9-26)20(29)23-19-6-7-28(24-19)15-16-2-4-18(21)5-3-16/h2-7,12-13H,8-11,14-15H2,1H3,(H,23,24,29). The molecule has 1 aromatic carbocycles. The molecule has 29 heavy (non-hydrogen) atoms. The molecule has 7 nitrogen and oxygen atoms in total. The Labute approximate surface area is 180 Å². The van der Waals surface area contributed by atoms with Crippen molar-refractivity contribution in [2.75, 3.05) is 31.5 Å². The number of nitrogens with zero attached hydrogens (tertiary/aromatic N) is 6. The zero-order valence-electron chi connectivity index (χ0n) is 16.3. The van der Waals surface area contributed by atoms with E-state index in [1.54, 1.807) is 0 Å². The highest BCUT2D eigenvalue weighted by Crippen LogP contribution is 2.13. The van der Waals surface area contributed by atoms with E-state index in [2.05, 4.69) is 31.5 Å². The minimum Gasteiger partial charge on any atom is -0.346 e. The van der Waals surface area contributed by atoms with Crippen molar-refractivity contribution >= 4 is 34.7 Å². The summed E-state index contributed by atoms with van der Waals surface area (Å²) in [4.78, 5) is 4.63. The first-order valence-electron chi connectivity index (χ1n) is 9.59. The average Bonchev–Trinajstić information content (AvgIpc) is 3.33. The summed E-state index contributed by atoms with van der Waals surface area (Å²) in [6.07, 6.45) is 5.95. The van der Waals surface area contributed by atoms with Crippen molar-refractivity contribution in [2.45, 2.75) is 13.1 Å². The normalized spacial score (nSPS) is 14.9. The summed E-state index contributed by atoms with van der Waals surface area (Å²) in [6, 6.07) is 9.74. The van der Waals surface area contributed by atoms with Gasteiger partial charge in [0.05, 0.1) is 12.7 Å². The number of nitrogens with one attached hydrogen (secondary N) is 1. The minimum absolute atomic E-state index is 0.693. The van der Waals surface area contributed by atoms with Crippen LogP contribution < -0.4 is 5.32 Å². The summed E-state index contributed by atoms with van der Waals surface area (Å²) >= 11 is 11.5. The molecular formula is C20H24ClN7S. The zero-order valence-corrected chi connectivity index (χ0v) is 17.9. The van der Waals surface area contributed by atoms with E-state index in [1.165, 1.54) is 5.56 Å². The molecular weight excluding hydrogens is 406 g/mol. The number of aromatic nitrogens is 4. The maximum atomic E-state index is 5.94. The summed E-state index contributed by atoms with van der Waals surface area (Å²) in [7, 11) is 1.95. The van der Waals surface area contributed by atoms with Gasteiger partial charge in [-0.05, 0) is 29.9 Å². The maximum Gasteiger partial charge on any atom is 0.174 e. The molecule has 0 saturated carbocycles. The van der Waals surface area contributed by atoms with Crippen molar-refractivity contribution in [1.82, 2.24) is 29.4 Å². The van der Waals surface area contributed by atoms with Crippen LogP contribution in [0.3, 0.4) is 0 Å². The van der Waals surface area contributed by atoms with Crippen molar-refractivity contribution in [3.05, 3.63) is 65.1 Å². The maximum absolute atomic E-state index is 5.94. The van der Waals surface area contributed by atoms with Gasteiger partial charge in [-0.15, -0.1) is 0 Å². The third kappa shape index (κ3) is 5.35. The van der Waals surface area contributed by atoms with Gasteiger partial charge in [-0.2, -0.15) is 10.2 Å². The van der Waals surface area contributed by atoms with Gasteiger partial charge >= 0.3 is 0 Å². The van der Waals surface area contributed by atoms with E-state index in [0.29, 0.717) is 6.54 Å². The van der Waals surface area contributed by atoms with Gasteiger partial charge < -0.3 is 10.2 Å². The Bertz CT molecular complexity index is 957. The lowest BCUT2D eigenvalue weighted by atomic mass is 10.2. The van der Waals surface area contributed by atoms with E-state index in [9.17, 15) is 0 Å². The number of halogens is 1. The quantitative estimate of drug-likeness (QED) is 0.629.